The van der Waals surface area contributed by atoms with E-state index in [0.717, 1.165) is 12.1 Å². The number of carbonyl (C=O) groups is 2. The van der Waals surface area contributed by atoms with Crippen LogP contribution in [0.5, 0.6) is 0 Å². The minimum absolute atomic E-state index is 0.143. The average molecular weight is 403 g/mol. The average Bonchev–Trinajstić information content (AvgIpc) is 3.21. The van der Waals surface area contributed by atoms with Crippen LogP contribution >= 0.6 is 0 Å². The van der Waals surface area contributed by atoms with Crippen LogP contribution in [0.15, 0.2) is 71.3 Å². The van der Waals surface area contributed by atoms with Gasteiger partial charge in [-0.2, -0.15) is 13.2 Å². The first-order chi connectivity index (χ1) is 13.8. The Hall–Kier alpha value is -3.75. The van der Waals surface area contributed by atoms with Crippen molar-refractivity contribution in [3.63, 3.8) is 0 Å². The van der Waals surface area contributed by atoms with Crippen molar-refractivity contribution in [2.45, 2.75) is 6.18 Å². The SMILES string of the molecule is O=C(CNc1cccc(C(F)(F)F)c1)Nc1cccc(NC(=O)c2ccco2)c1. The van der Waals surface area contributed by atoms with Gasteiger partial charge < -0.3 is 20.4 Å². The molecule has 0 saturated heterocycles. The Labute approximate surface area is 163 Å². The van der Waals surface area contributed by atoms with E-state index in [2.05, 4.69) is 16.0 Å². The van der Waals surface area contributed by atoms with Crippen molar-refractivity contribution < 1.29 is 27.2 Å². The van der Waals surface area contributed by atoms with Gasteiger partial charge in [0.25, 0.3) is 5.91 Å². The van der Waals surface area contributed by atoms with Crippen molar-refractivity contribution in [3.05, 3.63) is 78.3 Å². The Morgan fingerprint density at radius 3 is 2.24 bits per heavy atom. The molecule has 0 atom stereocenters. The third kappa shape index (κ3) is 5.61. The molecule has 0 aliphatic rings. The number of hydrogen-bond acceptors (Lipinski definition) is 4. The van der Waals surface area contributed by atoms with E-state index in [1.165, 1.54) is 24.5 Å². The second-order valence-electron chi connectivity index (χ2n) is 5.99. The summed E-state index contributed by atoms with van der Waals surface area (Å²) < 4.78 is 43.2. The van der Waals surface area contributed by atoms with Crippen molar-refractivity contribution in [3.8, 4) is 0 Å². The zero-order valence-corrected chi connectivity index (χ0v) is 14.9. The van der Waals surface area contributed by atoms with Gasteiger partial charge in [-0.25, -0.2) is 0 Å². The van der Waals surface area contributed by atoms with Gasteiger partial charge in [0, 0.05) is 17.1 Å². The molecule has 3 N–H and O–H groups in total. The third-order valence-electron chi connectivity index (χ3n) is 3.79. The van der Waals surface area contributed by atoms with Gasteiger partial charge in [-0.1, -0.05) is 12.1 Å². The van der Waals surface area contributed by atoms with Gasteiger partial charge >= 0.3 is 6.18 Å². The van der Waals surface area contributed by atoms with E-state index in [1.807, 2.05) is 0 Å². The summed E-state index contributed by atoms with van der Waals surface area (Å²) in [6.45, 7) is -0.232. The normalized spacial score (nSPS) is 11.0. The molecule has 0 spiro atoms. The van der Waals surface area contributed by atoms with Gasteiger partial charge in [0.15, 0.2) is 5.76 Å². The molecule has 29 heavy (non-hydrogen) atoms. The van der Waals surface area contributed by atoms with Crippen molar-refractivity contribution in [1.82, 2.24) is 0 Å². The molecule has 0 aliphatic heterocycles. The van der Waals surface area contributed by atoms with Gasteiger partial charge in [0.1, 0.15) is 0 Å². The van der Waals surface area contributed by atoms with Crippen LogP contribution in [-0.2, 0) is 11.0 Å². The van der Waals surface area contributed by atoms with Crippen LogP contribution in [-0.4, -0.2) is 18.4 Å². The number of amides is 2. The zero-order chi connectivity index (χ0) is 20.9. The number of benzene rings is 2. The molecular formula is C20H16F3N3O3. The fourth-order valence-electron chi connectivity index (χ4n) is 2.47. The van der Waals surface area contributed by atoms with Gasteiger partial charge in [-0.3, -0.25) is 9.59 Å². The highest BCUT2D eigenvalue weighted by atomic mass is 19.4. The van der Waals surface area contributed by atoms with Gasteiger partial charge in [-0.15, -0.1) is 0 Å². The van der Waals surface area contributed by atoms with E-state index in [0.29, 0.717) is 11.4 Å². The molecule has 0 bridgehead atoms. The molecule has 9 heteroatoms. The second kappa shape index (κ2) is 8.51. The third-order valence-corrected chi connectivity index (χ3v) is 3.79. The minimum atomic E-state index is -4.46. The van der Waals surface area contributed by atoms with Crippen LogP contribution in [0.3, 0.4) is 0 Å². The predicted molar refractivity (Wildman–Crippen MR) is 102 cm³/mol. The Bertz CT molecular complexity index is 1000. The highest BCUT2D eigenvalue weighted by molar-refractivity contribution is 6.02. The Morgan fingerprint density at radius 1 is 0.862 bits per heavy atom. The quantitative estimate of drug-likeness (QED) is 0.562. The van der Waals surface area contributed by atoms with E-state index in [-0.39, 0.29) is 18.0 Å². The summed E-state index contributed by atoms with van der Waals surface area (Å²) in [5.41, 5.74) is 0.227. The van der Waals surface area contributed by atoms with Crippen molar-refractivity contribution in [1.29, 1.82) is 0 Å². The lowest BCUT2D eigenvalue weighted by atomic mass is 10.2. The van der Waals surface area contributed by atoms with Crippen LogP contribution in [0.25, 0.3) is 0 Å². The lowest BCUT2D eigenvalue weighted by molar-refractivity contribution is -0.137. The first-order valence-electron chi connectivity index (χ1n) is 8.47. The van der Waals surface area contributed by atoms with E-state index in [9.17, 15) is 22.8 Å². The second-order valence-corrected chi connectivity index (χ2v) is 5.99. The predicted octanol–water partition coefficient (Wildman–Crippen LogP) is 4.60. The fourth-order valence-corrected chi connectivity index (χ4v) is 2.47. The van der Waals surface area contributed by atoms with Gasteiger partial charge in [-0.05, 0) is 48.5 Å². The van der Waals surface area contributed by atoms with Crippen molar-refractivity contribution in [2.75, 3.05) is 22.5 Å². The highest BCUT2D eigenvalue weighted by Crippen LogP contribution is 2.30. The van der Waals surface area contributed by atoms with Crippen LogP contribution in [0.1, 0.15) is 16.1 Å². The molecule has 0 radical (unpaired) electrons. The molecule has 3 aromatic rings. The molecule has 6 nitrogen and oxygen atoms in total. The fraction of sp³-hybridized carbons (Fsp3) is 0.100. The summed E-state index contributed by atoms with van der Waals surface area (Å²) in [6, 6.07) is 14.1. The first kappa shape index (κ1) is 20.0. The van der Waals surface area contributed by atoms with Crippen LogP contribution in [0.2, 0.25) is 0 Å². The first-order valence-corrected chi connectivity index (χ1v) is 8.47. The summed E-state index contributed by atoms with van der Waals surface area (Å²) in [5.74, 6) is -0.758. The Kier molecular flexibility index (Phi) is 5.87. The largest absolute Gasteiger partial charge is 0.459 e. The Morgan fingerprint density at radius 2 is 1.55 bits per heavy atom. The molecule has 0 fully saturated rings. The number of rotatable bonds is 6. The zero-order valence-electron chi connectivity index (χ0n) is 14.9. The van der Waals surface area contributed by atoms with Crippen LogP contribution < -0.4 is 16.0 Å². The number of furan rings is 1. The molecule has 0 saturated carbocycles. The molecule has 2 amide bonds. The van der Waals surface area contributed by atoms with E-state index < -0.39 is 23.6 Å². The van der Waals surface area contributed by atoms with Gasteiger partial charge in [0.05, 0.1) is 18.4 Å². The minimum Gasteiger partial charge on any atom is -0.459 e. The molecule has 2 aromatic carbocycles. The monoisotopic (exact) mass is 403 g/mol. The summed E-state index contributed by atoms with van der Waals surface area (Å²) >= 11 is 0. The summed E-state index contributed by atoms with van der Waals surface area (Å²) in [7, 11) is 0. The lowest BCUT2D eigenvalue weighted by Gasteiger charge is -2.11. The highest BCUT2D eigenvalue weighted by Gasteiger charge is 2.30. The molecule has 0 unspecified atom stereocenters. The summed E-state index contributed by atoms with van der Waals surface area (Å²) in [6.07, 6.45) is -3.08. The summed E-state index contributed by atoms with van der Waals surface area (Å²) in [4.78, 5) is 24.1. The number of halogens is 3. The number of carbonyl (C=O) groups excluding carboxylic acids is 2. The number of anilines is 3. The number of nitrogens with one attached hydrogen (secondary N) is 3. The summed E-state index contributed by atoms with van der Waals surface area (Å²) in [5, 5.41) is 7.89. The molecule has 150 valence electrons. The van der Waals surface area contributed by atoms with Crippen molar-refractivity contribution >= 4 is 28.9 Å². The lowest BCUT2D eigenvalue weighted by Crippen LogP contribution is -2.22. The molecule has 1 heterocycles. The number of hydrogen-bond donors (Lipinski definition) is 3. The standard InChI is InChI=1S/C20H16F3N3O3/c21-20(22,23)13-4-1-5-14(10-13)24-12-18(27)25-15-6-2-7-16(11-15)26-19(28)17-8-3-9-29-17/h1-11,24H,12H2,(H,25,27)(H,26,28). The topological polar surface area (TPSA) is 83.4 Å². The molecule has 0 aliphatic carbocycles. The smallest absolute Gasteiger partial charge is 0.416 e. The Balaban J connectivity index is 1.56. The van der Waals surface area contributed by atoms with Crippen LogP contribution in [0, 0.1) is 0 Å². The van der Waals surface area contributed by atoms with E-state index in [4.69, 9.17) is 4.42 Å². The maximum absolute atomic E-state index is 12.7. The van der Waals surface area contributed by atoms with Crippen LogP contribution in [0.4, 0.5) is 30.2 Å². The molecule has 1 aromatic heterocycles. The maximum atomic E-state index is 12.7. The van der Waals surface area contributed by atoms with E-state index >= 15 is 0 Å². The van der Waals surface area contributed by atoms with Gasteiger partial charge in [0.2, 0.25) is 5.91 Å². The maximum Gasteiger partial charge on any atom is 0.416 e. The molecule has 3 rings (SSSR count). The molecular weight excluding hydrogens is 387 g/mol. The number of alkyl halides is 3. The van der Waals surface area contributed by atoms with E-state index in [1.54, 1.807) is 30.3 Å². The van der Waals surface area contributed by atoms with Crippen molar-refractivity contribution in [2.24, 2.45) is 0 Å².